The van der Waals surface area contributed by atoms with E-state index in [4.69, 9.17) is 10.5 Å². The van der Waals surface area contributed by atoms with Crippen molar-refractivity contribution in [1.82, 2.24) is 5.32 Å². The average molecular weight is 310 g/mol. The lowest BCUT2D eigenvalue weighted by atomic mass is 9.93. The maximum Gasteiger partial charge on any atom is 0.230 e. The molecule has 4 nitrogen and oxygen atoms in total. The summed E-state index contributed by atoms with van der Waals surface area (Å²) in [7, 11) is 0. The third kappa shape index (κ3) is 5.59. The number of carbonyl (C=O) groups excluding carboxylic acids is 1. The van der Waals surface area contributed by atoms with Crippen molar-refractivity contribution in [3.8, 4) is 5.75 Å². The summed E-state index contributed by atoms with van der Waals surface area (Å²) in [4.78, 5) is 13.1. The molecule has 21 heavy (non-hydrogen) atoms. The Morgan fingerprint density at radius 1 is 1.24 bits per heavy atom. The van der Waals surface area contributed by atoms with Gasteiger partial charge in [0.1, 0.15) is 5.75 Å². The Morgan fingerprint density at radius 3 is 2.33 bits per heavy atom. The third-order valence-corrected chi connectivity index (χ3v) is 4.67. The smallest absolute Gasteiger partial charge is 0.230 e. The fourth-order valence-corrected chi connectivity index (χ4v) is 2.74. The van der Waals surface area contributed by atoms with Crippen molar-refractivity contribution in [3.05, 3.63) is 24.3 Å². The molecule has 0 aliphatic carbocycles. The van der Waals surface area contributed by atoms with E-state index in [2.05, 4.69) is 19.2 Å². The number of benzene rings is 1. The van der Waals surface area contributed by atoms with Crippen molar-refractivity contribution in [3.63, 3.8) is 0 Å². The van der Waals surface area contributed by atoms with Crippen LogP contribution in [-0.4, -0.2) is 30.4 Å². The van der Waals surface area contributed by atoms with Gasteiger partial charge in [0.2, 0.25) is 5.91 Å². The minimum absolute atomic E-state index is 0.0306. The van der Waals surface area contributed by atoms with E-state index in [9.17, 15) is 4.79 Å². The highest BCUT2D eigenvalue weighted by molar-refractivity contribution is 8.00. The van der Waals surface area contributed by atoms with Gasteiger partial charge in [0.15, 0.2) is 0 Å². The second-order valence-corrected chi connectivity index (χ2v) is 5.98. The van der Waals surface area contributed by atoms with Crippen LogP contribution in [0.4, 0.5) is 0 Å². The molecular formula is C16H26N2O2S. The Kier molecular flexibility index (Phi) is 7.61. The van der Waals surface area contributed by atoms with Crippen LogP contribution in [0.25, 0.3) is 0 Å². The van der Waals surface area contributed by atoms with E-state index in [1.165, 1.54) is 11.8 Å². The summed E-state index contributed by atoms with van der Waals surface area (Å²) in [5, 5.41) is 3.07. The van der Waals surface area contributed by atoms with Crippen molar-refractivity contribution in [2.45, 2.75) is 44.0 Å². The van der Waals surface area contributed by atoms with E-state index in [-0.39, 0.29) is 11.4 Å². The summed E-state index contributed by atoms with van der Waals surface area (Å²) < 4.78 is 5.39. The predicted molar refractivity (Wildman–Crippen MR) is 88.8 cm³/mol. The van der Waals surface area contributed by atoms with Crippen LogP contribution in [-0.2, 0) is 4.79 Å². The third-order valence-electron chi connectivity index (χ3n) is 3.65. The number of rotatable bonds is 9. The Balaban J connectivity index is 2.49. The summed E-state index contributed by atoms with van der Waals surface area (Å²) in [5.74, 6) is 1.28. The number of hydrogen-bond donors (Lipinski definition) is 2. The SMILES string of the molecule is CCOc1ccc(SCC(=O)NC(CC)(CC)CN)cc1. The van der Waals surface area contributed by atoms with E-state index in [1.54, 1.807) is 0 Å². The molecular weight excluding hydrogens is 284 g/mol. The number of nitrogens with one attached hydrogen (secondary N) is 1. The molecule has 1 amide bonds. The van der Waals surface area contributed by atoms with E-state index < -0.39 is 0 Å². The Hall–Kier alpha value is -1.20. The normalized spacial score (nSPS) is 11.2. The lowest BCUT2D eigenvalue weighted by Gasteiger charge is -2.31. The second-order valence-electron chi connectivity index (χ2n) is 4.93. The van der Waals surface area contributed by atoms with Crippen molar-refractivity contribution in [1.29, 1.82) is 0 Å². The van der Waals surface area contributed by atoms with Gasteiger partial charge in [-0.05, 0) is 44.0 Å². The molecule has 0 fully saturated rings. The van der Waals surface area contributed by atoms with E-state index in [1.807, 2.05) is 31.2 Å². The summed E-state index contributed by atoms with van der Waals surface area (Å²) in [6.07, 6.45) is 1.69. The largest absolute Gasteiger partial charge is 0.494 e. The zero-order valence-corrected chi connectivity index (χ0v) is 14.0. The van der Waals surface area contributed by atoms with Crippen LogP contribution in [0.5, 0.6) is 5.75 Å². The highest BCUT2D eigenvalue weighted by atomic mass is 32.2. The first-order chi connectivity index (χ1) is 10.1. The molecule has 118 valence electrons. The van der Waals surface area contributed by atoms with Crippen molar-refractivity contribution in [2.24, 2.45) is 5.73 Å². The van der Waals surface area contributed by atoms with Crippen LogP contribution in [0, 0.1) is 0 Å². The molecule has 0 radical (unpaired) electrons. The Bertz CT molecular complexity index is 422. The van der Waals surface area contributed by atoms with Crippen LogP contribution in [0.3, 0.4) is 0 Å². The van der Waals surface area contributed by atoms with Crippen molar-refractivity contribution in [2.75, 3.05) is 18.9 Å². The zero-order valence-electron chi connectivity index (χ0n) is 13.1. The molecule has 0 bridgehead atoms. The van der Waals surface area contributed by atoms with Crippen LogP contribution >= 0.6 is 11.8 Å². The number of carbonyl (C=O) groups is 1. The van der Waals surface area contributed by atoms with Gasteiger partial charge in [-0.2, -0.15) is 0 Å². The molecule has 0 heterocycles. The minimum Gasteiger partial charge on any atom is -0.494 e. The van der Waals surface area contributed by atoms with Gasteiger partial charge in [-0.25, -0.2) is 0 Å². The molecule has 0 unspecified atom stereocenters. The summed E-state index contributed by atoms with van der Waals surface area (Å²) in [6, 6.07) is 7.79. The van der Waals surface area contributed by atoms with Crippen LogP contribution in [0.15, 0.2) is 29.2 Å². The van der Waals surface area contributed by atoms with Gasteiger partial charge < -0.3 is 15.8 Å². The molecule has 0 atom stereocenters. The first kappa shape index (κ1) is 17.9. The van der Waals surface area contributed by atoms with Crippen LogP contribution in [0.2, 0.25) is 0 Å². The number of ether oxygens (including phenoxy) is 1. The van der Waals surface area contributed by atoms with Crippen molar-refractivity contribution < 1.29 is 9.53 Å². The molecule has 1 rings (SSSR count). The molecule has 5 heteroatoms. The molecule has 0 aromatic heterocycles. The Labute approximate surface area is 131 Å². The fraction of sp³-hybridized carbons (Fsp3) is 0.562. The zero-order chi connectivity index (χ0) is 15.7. The van der Waals surface area contributed by atoms with E-state index >= 15 is 0 Å². The van der Waals surface area contributed by atoms with Gasteiger partial charge in [0.25, 0.3) is 0 Å². The van der Waals surface area contributed by atoms with Gasteiger partial charge in [-0.1, -0.05) is 13.8 Å². The van der Waals surface area contributed by atoms with Gasteiger partial charge in [0, 0.05) is 11.4 Å². The van der Waals surface area contributed by atoms with Crippen molar-refractivity contribution >= 4 is 17.7 Å². The van der Waals surface area contributed by atoms with Gasteiger partial charge in [-0.3, -0.25) is 4.79 Å². The summed E-state index contributed by atoms with van der Waals surface area (Å²) >= 11 is 1.52. The van der Waals surface area contributed by atoms with E-state index in [0.717, 1.165) is 23.5 Å². The van der Waals surface area contributed by atoms with Crippen LogP contribution < -0.4 is 15.8 Å². The maximum absolute atomic E-state index is 12.1. The second kappa shape index (κ2) is 8.95. The maximum atomic E-state index is 12.1. The van der Waals surface area contributed by atoms with Gasteiger partial charge >= 0.3 is 0 Å². The molecule has 1 aromatic rings. The van der Waals surface area contributed by atoms with Gasteiger partial charge in [-0.15, -0.1) is 11.8 Å². The minimum atomic E-state index is -0.267. The quantitative estimate of drug-likeness (QED) is 0.688. The number of hydrogen-bond acceptors (Lipinski definition) is 4. The first-order valence-electron chi connectivity index (χ1n) is 7.45. The molecule has 3 N–H and O–H groups in total. The number of amides is 1. The molecule has 1 aromatic carbocycles. The molecule has 0 saturated heterocycles. The summed E-state index contributed by atoms with van der Waals surface area (Å²) in [6.45, 7) is 7.19. The number of nitrogens with two attached hydrogens (primary N) is 1. The average Bonchev–Trinajstić information content (AvgIpc) is 2.52. The lowest BCUT2D eigenvalue weighted by molar-refractivity contribution is -0.120. The molecule has 0 aliphatic rings. The Morgan fingerprint density at radius 2 is 1.86 bits per heavy atom. The number of thioether (sulfide) groups is 1. The standard InChI is InChI=1S/C16H26N2O2S/c1-4-16(5-2,12-17)18-15(19)11-21-14-9-7-13(8-10-14)20-6-3/h7-10H,4-6,11-12,17H2,1-3H3,(H,18,19). The highest BCUT2D eigenvalue weighted by Crippen LogP contribution is 2.22. The van der Waals surface area contributed by atoms with Crippen LogP contribution in [0.1, 0.15) is 33.6 Å². The highest BCUT2D eigenvalue weighted by Gasteiger charge is 2.25. The molecule has 0 spiro atoms. The monoisotopic (exact) mass is 310 g/mol. The lowest BCUT2D eigenvalue weighted by Crippen LogP contribution is -2.53. The van der Waals surface area contributed by atoms with Gasteiger partial charge in [0.05, 0.1) is 17.9 Å². The molecule has 0 saturated carbocycles. The molecule has 0 aliphatic heterocycles. The topological polar surface area (TPSA) is 64.3 Å². The fourth-order valence-electron chi connectivity index (χ4n) is 2.05. The first-order valence-corrected chi connectivity index (χ1v) is 8.44. The van der Waals surface area contributed by atoms with E-state index in [0.29, 0.717) is 18.9 Å². The summed E-state index contributed by atoms with van der Waals surface area (Å²) in [5.41, 5.74) is 5.53. The predicted octanol–water partition coefficient (Wildman–Crippen LogP) is 2.81.